The van der Waals surface area contributed by atoms with E-state index in [0.29, 0.717) is 17.2 Å². The molecule has 6 nitrogen and oxygen atoms in total. The normalized spacial score (nSPS) is 12.3. The van der Waals surface area contributed by atoms with Crippen LogP contribution >= 0.6 is 0 Å². The van der Waals surface area contributed by atoms with E-state index in [1.165, 1.54) is 0 Å². The monoisotopic (exact) mass is 309 g/mol. The van der Waals surface area contributed by atoms with E-state index in [0.717, 1.165) is 12.0 Å². The second-order valence-corrected chi connectivity index (χ2v) is 5.46. The topological polar surface area (TPSA) is 63.4 Å². The molecule has 1 unspecified atom stereocenters. The van der Waals surface area contributed by atoms with Crippen molar-refractivity contribution >= 4 is 11.7 Å². The summed E-state index contributed by atoms with van der Waals surface area (Å²) < 4.78 is 1.74. The van der Waals surface area contributed by atoms with Crippen molar-refractivity contribution in [2.75, 3.05) is 7.05 Å². The molecule has 0 radical (unpaired) electrons. The number of carbonyl (C=O) groups is 1. The van der Waals surface area contributed by atoms with Crippen LogP contribution in [0.3, 0.4) is 0 Å². The summed E-state index contributed by atoms with van der Waals surface area (Å²) in [5.41, 5.74) is 2.26. The van der Waals surface area contributed by atoms with Crippen molar-refractivity contribution in [2.24, 2.45) is 0 Å². The lowest BCUT2D eigenvalue weighted by Crippen LogP contribution is -2.32. The molecule has 0 saturated heterocycles. The van der Waals surface area contributed by atoms with Gasteiger partial charge in [-0.25, -0.2) is 9.97 Å². The molecular weight excluding hydrogens is 290 g/mol. The number of carbonyl (C=O) groups excluding carboxylic acids is 1. The molecule has 3 aromatic rings. The predicted octanol–water partition coefficient (Wildman–Crippen LogP) is 2.66. The van der Waals surface area contributed by atoms with Crippen molar-refractivity contribution in [1.29, 1.82) is 0 Å². The summed E-state index contributed by atoms with van der Waals surface area (Å²) in [6.45, 7) is 3.89. The highest BCUT2D eigenvalue weighted by molar-refractivity contribution is 5.94. The van der Waals surface area contributed by atoms with E-state index in [4.69, 9.17) is 0 Å². The van der Waals surface area contributed by atoms with Gasteiger partial charge in [0.2, 0.25) is 5.78 Å². The Bertz CT molecular complexity index is 827. The summed E-state index contributed by atoms with van der Waals surface area (Å²) in [6, 6.07) is 5.65. The van der Waals surface area contributed by atoms with Gasteiger partial charge in [-0.15, -0.1) is 0 Å². The predicted molar refractivity (Wildman–Crippen MR) is 87.1 cm³/mol. The molecule has 3 rings (SSSR count). The molecule has 0 fully saturated rings. The third kappa shape index (κ3) is 2.67. The molecule has 1 atom stereocenters. The number of imidazole rings is 1. The number of aromatic nitrogens is 4. The molecule has 1 amide bonds. The third-order valence-corrected chi connectivity index (χ3v) is 4.02. The van der Waals surface area contributed by atoms with E-state index in [-0.39, 0.29) is 11.9 Å². The van der Waals surface area contributed by atoms with Crippen LogP contribution in [0.1, 0.15) is 41.1 Å². The Labute approximate surface area is 134 Å². The highest BCUT2D eigenvalue weighted by atomic mass is 16.2. The summed E-state index contributed by atoms with van der Waals surface area (Å²) in [7, 11) is 1.82. The lowest BCUT2D eigenvalue weighted by molar-refractivity contribution is 0.0718. The number of pyridine rings is 1. The van der Waals surface area contributed by atoms with E-state index < -0.39 is 0 Å². The van der Waals surface area contributed by atoms with Crippen molar-refractivity contribution in [3.05, 3.63) is 59.9 Å². The van der Waals surface area contributed by atoms with Crippen LogP contribution in [0.25, 0.3) is 5.78 Å². The average Bonchev–Trinajstić information content (AvgIpc) is 2.91. The molecule has 3 aromatic heterocycles. The van der Waals surface area contributed by atoms with Gasteiger partial charge in [-0.2, -0.15) is 0 Å². The van der Waals surface area contributed by atoms with Crippen LogP contribution in [0.15, 0.2) is 43.0 Å². The van der Waals surface area contributed by atoms with Gasteiger partial charge in [-0.05, 0) is 31.0 Å². The van der Waals surface area contributed by atoms with Crippen LogP contribution in [0.5, 0.6) is 0 Å². The van der Waals surface area contributed by atoms with E-state index in [9.17, 15) is 4.79 Å². The molecule has 0 aromatic carbocycles. The maximum Gasteiger partial charge on any atom is 0.273 e. The first-order valence-corrected chi connectivity index (χ1v) is 7.60. The zero-order valence-corrected chi connectivity index (χ0v) is 13.5. The Morgan fingerprint density at radius 2 is 2.17 bits per heavy atom. The molecule has 118 valence electrons. The molecule has 0 aliphatic rings. The van der Waals surface area contributed by atoms with Crippen molar-refractivity contribution in [3.8, 4) is 0 Å². The first-order valence-electron chi connectivity index (χ1n) is 7.60. The van der Waals surface area contributed by atoms with Crippen LogP contribution in [0, 0.1) is 6.92 Å². The van der Waals surface area contributed by atoms with Crippen molar-refractivity contribution in [3.63, 3.8) is 0 Å². The van der Waals surface area contributed by atoms with Gasteiger partial charge in [0.05, 0.1) is 11.7 Å². The summed E-state index contributed by atoms with van der Waals surface area (Å²) in [6.07, 6.45) is 7.83. The number of hydrogen-bond donors (Lipinski definition) is 0. The average molecular weight is 309 g/mol. The van der Waals surface area contributed by atoms with Crippen LogP contribution in [-0.2, 0) is 0 Å². The minimum Gasteiger partial charge on any atom is -0.333 e. The maximum atomic E-state index is 13.0. The molecule has 0 bridgehead atoms. The first kappa shape index (κ1) is 15.1. The van der Waals surface area contributed by atoms with E-state index in [2.05, 4.69) is 21.9 Å². The van der Waals surface area contributed by atoms with Gasteiger partial charge in [0.1, 0.15) is 5.69 Å². The molecular formula is C17H19N5O. The van der Waals surface area contributed by atoms with E-state index in [1.807, 2.05) is 32.3 Å². The van der Waals surface area contributed by atoms with Gasteiger partial charge in [0.15, 0.2) is 0 Å². The summed E-state index contributed by atoms with van der Waals surface area (Å²) in [5.74, 6) is 0.467. The Hall–Kier alpha value is -2.76. The SMILES string of the molecule is CCC(c1cccnc1)N(C)C(=O)c1c(C)nc2ncccn12. The van der Waals surface area contributed by atoms with Gasteiger partial charge < -0.3 is 4.90 Å². The third-order valence-electron chi connectivity index (χ3n) is 4.02. The van der Waals surface area contributed by atoms with Crippen LogP contribution in [-0.4, -0.2) is 37.2 Å². The fourth-order valence-electron chi connectivity index (χ4n) is 2.87. The number of hydrogen-bond acceptors (Lipinski definition) is 4. The molecule has 0 N–H and O–H groups in total. The van der Waals surface area contributed by atoms with Gasteiger partial charge in [0, 0.05) is 31.8 Å². The largest absolute Gasteiger partial charge is 0.333 e. The number of nitrogens with zero attached hydrogens (tertiary/aromatic N) is 5. The first-order chi connectivity index (χ1) is 11.1. The van der Waals surface area contributed by atoms with Crippen molar-refractivity contribution in [2.45, 2.75) is 26.3 Å². The summed E-state index contributed by atoms with van der Waals surface area (Å²) in [4.78, 5) is 27.5. The highest BCUT2D eigenvalue weighted by Gasteiger charge is 2.26. The summed E-state index contributed by atoms with van der Waals surface area (Å²) in [5, 5.41) is 0. The fraction of sp³-hybridized carbons (Fsp3) is 0.294. The molecule has 0 aliphatic carbocycles. The smallest absolute Gasteiger partial charge is 0.273 e. The van der Waals surface area contributed by atoms with Gasteiger partial charge in [0.25, 0.3) is 5.91 Å². The zero-order valence-electron chi connectivity index (χ0n) is 13.5. The second-order valence-electron chi connectivity index (χ2n) is 5.46. The van der Waals surface area contributed by atoms with Crippen LogP contribution in [0.2, 0.25) is 0 Å². The molecule has 0 saturated carbocycles. The fourth-order valence-corrected chi connectivity index (χ4v) is 2.87. The van der Waals surface area contributed by atoms with Crippen LogP contribution in [0.4, 0.5) is 0 Å². The quantitative estimate of drug-likeness (QED) is 0.743. The minimum absolute atomic E-state index is 0.0298. The molecule has 6 heteroatoms. The molecule has 0 spiro atoms. The lowest BCUT2D eigenvalue weighted by atomic mass is 10.0. The van der Waals surface area contributed by atoms with E-state index in [1.54, 1.807) is 34.0 Å². The Kier molecular flexibility index (Phi) is 4.06. The van der Waals surface area contributed by atoms with Crippen molar-refractivity contribution in [1.82, 2.24) is 24.3 Å². The van der Waals surface area contributed by atoms with Gasteiger partial charge in [-0.1, -0.05) is 13.0 Å². The van der Waals surface area contributed by atoms with Gasteiger partial charge >= 0.3 is 0 Å². The van der Waals surface area contributed by atoms with E-state index >= 15 is 0 Å². The maximum absolute atomic E-state index is 13.0. The minimum atomic E-state index is -0.0706. The Morgan fingerprint density at radius 1 is 1.35 bits per heavy atom. The number of rotatable bonds is 4. The molecule has 0 aliphatic heterocycles. The van der Waals surface area contributed by atoms with Crippen molar-refractivity contribution < 1.29 is 4.79 Å². The number of aryl methyl sites for hydroxylation is 1. The second kappa shape index (κ2) is 6.16. The number of fused-ring (bicyclic) bond motifs is 1. The highest BCUT2D eigenvalue weighted by Crippen LogP contribution is 2.24. The number of amides is 1. The van der Waals surface area contributed by atoms with Gasteiger partial charge in [-0.3, -0.25) is 14.2 Å². The zero-order chi connectivity index (χ0) is 16.4. The molecule has 23 heavy (non-hydrogen) atoms. The Balaban J connectivity index is 1.99. The Morgan fingerprint density at radius 3 is 2.87 bits per heavy atom. The lowest BCUT2D eigenvalue weighted by Gasteiger charge is -2.27. The van der Waals surface area contributed by atoms with Crippen LogP contribution < -0.4 is 0 Å². The standard InChI is InChI=1S/C17H19N5O/c1-4-14(13-7-5-8-18-11-13)21(3)16(23)15-12(2)20-17-19-9-6-10-22(15)17/h5-11,14H,4H2,1-3H3. The molecule has 3 heterocycles. The summed E-state index contributed by atoms with van der Waals surface area (Å²) >= 11 is 0.